The van der Waals surface area contributed by atoms with Crippen LogP contribution in [-0.2, 0) is 6.61 Å². The van der Waals surface area contributed by atoms with Crippen LogP contribution in [0.15, 0.2) is 41.3 Å². The van der Waals surface area contributed by atoms with Gasteiger partial charge in [0.05, 0.1) is 18.2 Å². The van der Waals surface area contributed by atoms with E-state index in [9.17, 15) is 0 Å². The molecule has 4 heteroatoms. The summed E-state index contributed by atoms with van der Waals surface area (Å²) in [5, 5.41) is 0. The lowest BCUT2D eigenvalue weighted by molar-refractivity contribution is 0.295. The SMILES string of the molecule is Brc1ccc(OCc2cncn2C2CC2)cc1. The molecule has 1 aliphatic rings. The first-order chi connectivity index (χ1) is 8.33. The normalized spacial score (nSPS) is 14.9. The van der Waals surface area contributed by atoms with Crippen molar-refractivity contribution in [3.8, 4) is 5.75 Å². The van der Waals surface area contributed by atoms with Gasteiger partial charge in [0.2, 0.25) is 0 Å². The van der Waals surface area contributed by atoms with Crippen molar-refractivity contribution in [3.63, 3.8) is 0 Å². The number of aromatic nitrogens is 2. The van der Waals surface area contributed by atoms with Gasteiger partial charge in [-0.3, -0.25) is 0 Å². The van der Waals surface area contributed by atoms with Gasteiger partial charge in [-0.05, 0) is 37.1 Å². The van der Waals surface area contributed by atoms with E-state index in [2.05, 4.69) is 25.5 Å². The molecule has 1 saturated carbocycles. The molecule has 0 N–H and O–H groups in total. The third-order valence-electron chi connectivity index (χ3n) is 2.89. The molecule has 1 aliphatic carbocycles. The number of imidazole rings is 1. The van der Waals surface area contributed by atoms with Crippen LogP contribution in [0.1, 0.15) is 24.6 Å². The number of halogens is 1. The van der Waals surface area contributed by atoms with Crippen molar-refractivity contribution in [1.82, 2.24) is 9.55 Å². The highest BCUT2D eigenvalue weighted by Gasteiger charge is 2.25. The maximum Gasteiger partial charge on any atom is 0.130 e. The van der Waals surface area contributed by atoms with Crippen LogP contribution in [0, 0.1) is 0 Å². The van der Waals surface area contributed by atoms with Crippen LogP contribution in [0.4, 0.5) is 0 Å². The van der Waals surface area contributed by atoms with Gasteiger partial charge in [0, 0.05) is 10.5 Å². The van der Waals surface area contributed by atoms with Gasteiger partial charge in [-0.25, -0.2) is 4.98 Å². The zero-order chi connectivity index (χ0) is 11.7. The van der Waals surface area contributed by atoms with Gasteiger partial charge in [0.15, 0.2) is 0 Å². The van der Waals surface area contributed by atoms with Gasteiger partial charge in [-0.2, -0.15) is 0 Å². The average molecular weight is 293 g/mol. The Hall–Kier alpha value is -1.29. The largest absolute Gasteiger partial charge is 0.487 e. The van der Waals surface area contributed by atoms with E-state index in [0.717, 1.165) is 15.9 Å². The van der Waals surface area contributed by atoms with Gasteiger partial charge >= 0.3 is 0 Å². The molecule has 1 aromatic carbocycles. The molecule has 0 radical (unpaired) electrons. The number of ether oxygens (including phenoxy) is 1. The van der Waals surface area contributed by atoms with Gasteiger partial charge in [0.1, 0.15) is 12.4 Å². The van der Waals surface area contributed by atoms with Crippen molar-refractivity contribution in [3.05, 3.63) is 47.0 Å². The lowest BCUT2D eigenvalue weighted by Gasteiger charge is -2.08. The molecule has 1 heterocycles. The third kappa shape index (κ3) is 2.52. The lowest BCUT2D eigenvalue weighted by Crippen LogP contribution is -2.03. The Labute approximate surface area is 109 Å². The maximum absolute atomic E-state index is 5.74. The van der Waals surface area contributed by atoms with Crippen molar-refractivity contribution >= 4 is 15.9 Å². The van der Waals surface area contributed by atoms with E-state index in [1.165, 1.54) is 12.8 Å². The molecule has 1 fully saturated rings. The monoisotopic (exact) mass is 292 g/mol. The highest BCUT2D eigenvalue weighted by molar-refractivity contribution is 9.10. The maximum atomic E-state index is 5.74. The van der Waals surface area contributed by atoms with Crippen LogP contribution >= 0.6 is 15.9 Å². The van der Waals surface area contributed by atoms with E-state index < -0.39 is 0 Å². The van der Waals surface area contributed by atoms with Gasteiger partial charge in [-0.15, -0.1) is 0 Å². The molecule has 0 aliphatic heterocycles. The molecule has 0 unspecified atom stereocenters. The first-order valence-electron chi connectivity index (χ1n) is 5.72. The van der Waals surface area contributed by atoms with Gasteiger partial charge in [0.25, 0.3) is 0 Å². The molecule has 3 nitrogen and oxygen atoms in total. The second-order valence-corrected chi connectivity index (χ2v) is 5.18. The zero-order valence-electron chi connectivity index (χ0n) is 9.34. The molecule has 0 amide bonds. The molecule has 1 aromatic heterocycles. The Morgan fingerprint density at radius 3 is 2.76 bits per heavy atom. The van der Waals surface area contributed by atoms with Gasteiger partial charge < -0.3 is 9.30 Å². The zero-order valence-corrected chi connectivity index (χ0v) is 10.9. The van der Waals surface area contributed by atoms with Crippen LogP contribution in [0.25, 0.3) is 0 Å². The van der Waals surface area contributed by atoms with Crippen molar-refractivity contribution in [2.75, 3.05) is 0 Å². The van der Waals surface area contributed by atoms with E-state index >= 15 is 0 Å². The second kappa shape index (κ2) is 4.53. The number of nitrogens with zero attached hydrogens (tertiary/aromatic N) is 2. The molecule has 0 bridgehead atoms. The molecular formula is C13H13BrN2O. The van der Waals surface area contributed by atoms with E-state index in [0.29, 0.717) is 12.6 Å². The Bertz CT molecular complexity index is 502. The van der Waals surface area contributed by atoms with Crippen LogP contribution in [-0.4, -0.2) is 9.55 Å². The Balaban J connectivity index is 1.67. The van der Waals surface area contributed by atoms with Crippen LogP contribution in [0.3, 0.4) is 0 Å². The molecule has 2 aromatic rings. The highest BCUT2D eigenvalue weighted by atomic mass is 79.9. The fraction of sp³-hybridized carbons (Fsp3) is 0.308. The summed E-state index contributed by atoms with van der Waals surface area (Å²) >= 11 is 3.40. The standard InChI is InChI=1S/C13H13BrN2O/c14-10-1-5-13(6-2-10)17-8-12-7-15-9-16(12)11-3-4-11/h1-2,5-7,9,11H,3-4,8H2. The molecule has 0 saturated heterocycles. The number of rotatable bonds is 4. The third-order valence-corrected chi connectivity index (χ3v) is 3.42. The molecule has 0 atom stereocenters. The van der Waals surface area contributed by atoms with E-state index in [-0.39, 0.29) is 0 Å². The molecular weight excluding hydrogens is 280 g/mol. The van der Waals surface area contributed by atoms with E-state index in [1.54, 1.807) is 0 Å². The van der Waals surface area contributed by atoms with E-state index in [1.807, 2.05) is 36.8 Å². The summed E-state index contributed by atoms with van der Waals surface area (Å²) in [5.74, 6) is 0.886. The summed E-state index contributed by atoms with van der Waals surface area (Å²) in [6, 6.07) is 8.53. The first kappa shape index (κ1) is 10.8. The second-order valence-electron chi connectivity index (χ2n) is 4.27. The van der Waals surface area contributed by atoms with Crippen molar-refractivity contribution in [2.24, 2.45) is 0 Å². The molecule has 88 valence electrons. The summed E-state index contributed by atoms with van der Waals surface area (Å²) in [6.07, 6.45) is 6.32. The van der Waals surface area contributed by atoms with Crippen LogP contribution in [0.2, 0.25) is 0 Å². The summed E-state index contributed by atoms with van der Waals surface area (Å²) in [6.45, 7) is 0.581. The predicted octanol–water partition coefficient (Wildman–Crippen LogP) is 3.56. The first-order valence-corrected chi connectivity index (χ1v) is 6.51. The Morgan fingerprint density at radius 2 is 2.06 bits per heavy atom. The quantitative estimate of drug-likeness (QED) is 0.862. The Morgan fingerprint density at radius 1 is 1.29 bits per heavy atom. The number of hydrogen-bond donors (Lipinski definition) is 0. The average Bonchev–Trinajstić information content (AvgIpc) is 3.08. The minimum atomic E-state index is 0.581. The molecule has 3 rings (SSSR count). The smallest absolute Gasteiger partial charge is 0.130 e. The number of benzene rings is 1. The van der Waals surface area contributed by atoms with E-state index in [4.69, 9.17) is 4.74 Å². The lowest BCUT2D eigenvalue weighted by atomic mass is 10.3. The summed E-state index contributed by atoms with van der Waals surface area (Å²) in [5.41, 5.74) is 1.15. The predicted molar refractivity (Wildman–Crippen MR) is 69.0 cm³/mol. The summed E-state index contributed by atoms with van der Waals surface area (Å²) in [4.78, 5) is 4.19. The van der Waals surface area contributed by atoms with Gasteiger partial charge in [-0.1, -0.05) is 15.9 Å². The fourth-order valence-electron chi connectivity index (χ4n) is 1.81. The Kier molecular flexibility index (Phi) is 2.89. The minimum absolute atomic E-state index is 0.581. The van der Waals surface area contributed by atoms with Crippen LogP contribution in [0.5, 0.6) is 5.75 Å². The molecule has 17 heavy (non-hydrogen) atoms. The topological polar surface area (TPSA) is 27.1 Å². The molecule has 0 spiro atoms. The van der Waals surface area contributed by atoms with Crippen molar-refractivity contribution in [1.29, 1.82) is 0 Å². The summed E-state index contributed by atoms with van der Waals surface area (Å²) in [7, 11) is 0. The minimum Gasteiger partial charge on any atom is -0.487 e. The van der Waals surface area contributed by atoms with Crippen LogP contribution < -0.4 is 4.74 Å². The summed E-state index contributed by atoms with van der Waals surface area (Å²) < 4.78 is 9.03. The number of hydrogen-bond acceptors (Lipinski definition) is 2. The van der Waals surface area contributed by atoms with Crippen molar-refractivity contribution in [2.45, 2.75) is 25.5 Å². The highest BCUT2D eigenvalue weighted by Crippen LogP contribution is 2.35. The van der Waals surface area contributed by atoms with Crippen molar-refractivity contribution < 1.29 is 4.74 Å². The fourth-order valence-corrected chi connectivity index (χ4v) is 2.08.